The van der Waals surface area contributed by atoms with E-state index in [9.17, 15) is 18.0 Å². The lowest BCUT2D eigenvalue weighted by Crippen LogP contribution is -2.34. The van der Waals surface area contributed by atoms with Crippen molar-refractivity contribution in [3.8, 4) is 0 Å². The van der Waals surface area contributed by atoms with Crippen LogP contribution >= 0.6 is 0 Å². The van der Waals surface area contributed by atoms with Crippen molar-refractivity contribution in [2.24, 2.45) is 0 Å². The molecule has 1 unspecified atom stereocenters. The summed E-state index contributed by atoms with van der Waals surface area (Å²) in [6.45, 7) is 4.60. The Labute approximate surface area is 104 Å². The van der Waals surface area contributed by atoms with Gasteiger partial charge in [0.1, 0.15) is 6.61 Å². The van der Waals surface area contributed by atoms with Crippen LogP contribution in [0.4, 0.5) is 0 Å². The smallest absolute Gasteiger partial charge is 0.344 e. The molecule has 0 aliphatic carbocycles. The SMILES string of the molecule is C=CCOC(=O)C(CC(=O)OOCC)S(=O)(=O)O. The van der Waals surface area contributed by atoms with Gasteiger partial charge in [-0.3, -0.25) is 14.2 Å². The van der Waals surface area contributed by atoms with E-state index in [1.165, 1.54) is 13.0 Å². The van der Waals surface area contributed by atoms with Crippen LogP contribution in [0.3, 0.4) is 0 Å². The Kier molecular flexibility index (Phi) is 7.17. The minimum atomic E-state index is -4.78. The molecule has 0 rings (SSSR count). The first kappa shape index (κ1) is 16.6. The maximum absolute atomic E-state index is 11.3. The number of carbonyl (C=O) groups excluding carboxylic acids is 2. The van der Waals surface area contributed by atoms with Gasteiger partial charge in [0.05, 0.1) is 13.0 Å². The summed E-state index contributed by atoms with van der Waals surface area (Å²) >= 11 is 0. The van der Waals surface area contributed by atoms with Crippen LogP contribution in [0.25, 0.3) is 0 Å². The van der Waals surface area contributed by atoms with E-state index < -0.39 is 33.7 Å². The molecule has 0 saturated heterocycles. The van der Waals surface area contributed by atoms with Crippen LogP contribution in [-0.2, 0) is 34.2 Å². The second kappa shape index (κ2) is 7.80. The van der Waals surface area contributed by atoms with Crippen molar-refractivity contribution in [1.82, 2.24) is 0 Å². The van der Waals surface area contributed by atoms with Crippen molar-refractivity contribution in [3.63, 3.8) is 0 Å². The van der Waals surface area contributed by atoms with Gasteiger partial charge < -0.3 is 4.74 Å². The molecule has 1 atom stereocenters. The zero-order valence-corrected chi connectivity index (χ0v) is 10.5. The molecule has 0 fully saturated rings. The number of esters is 1. The van der Waals surface area contributed by atoms with E-state index >= 15 is 0 Å². The van der Waals surface area contributed by atoms with E-state index in [0.29, 0.717) is 0 Å². The summed E-state index contributed by atoms with van der Waals surface area (Å²) in [6.07, 6.45) is 0.298. The Morgan fingerprint density at radius 2 is 2.06 bits per heavy atom. The number of carbonyl (C=O) groups is 2. The second-order valence-corrected chi connectivity index (χ2v) is 4.59. The van der Waals surface area contributed by atoms with E-state index in [4.69, 9.17) is 4.55 Å². The van der Waals surface area contributed by atoms with Gasteiger partial charge in [-0.15, -0.1) is 0 Å². The highest BCUT2D eigenvalue weighted by Gasteiger charge is 2.35. The quantitative estimate of drug-likeness (QED) is 0.215. The van der Waals surface area contributed by atoms with Gasteiger partial charge in [-0.1, -0.05) is 12.7 Å². The molecule has 104 valence electrons. The van der Waals surface area contributed by atoms with E-state index in [1.54, 1.807) is 0 Å². The van der Waals surface area contributed by atoms with Crippen LogP contribution in [0.1, 0.15) is 13.3 Å². The molecule has 0 saturated carbocycles. The van der Waals surface area contributed by atoms with Gasteiger partial charge in [0.2, 0.25) is 0 Å². The van der Waals surface area contributed by atoms with Crippen molar-refractivity contribution in [3.05, 3.63) is 12.7 Å². The molecule has 0 radical (unpaired) electrons. The Balaban J connectivity index is 4.65. The molecule has 0 heterocycles. The number of hydrogen-bond acceptors (Lipinski definition) is 7. The van der Waals surface area contributed by atoms with Crippen molar-refractivity contribution in [2.75, 3.05) is 13.2 Å². The third-order valence-electron chi connectivity index (χ3n) is 1.59. The molecular formula is C9H14O8S. The third-order valence-corrected chi connectivity index (χ3v) is 2.67. The maximum Gasteiger partial charge on any atom is 0.344 e. The number of ether oxygens (including phenoxy) is 1. The fraction of sp³-hybridized carbons (Fsp3) is 0.556. The van der Waals surface area contributed by atoms with E-state index in [2.05, 4.69) is 21.1 Å². The van der Waals surface area contributed by atoms with Gasteiger partial charge in [-0.05, 0) is 6.92 Å². The zero-order chi connectivity index (χ0) is 14.2. The molecule has 0 spiro atoms. The molecule has 0 aliphatic heterocycles. The van der Waals surface area contributed by atoms with Crippen LogP contribution in [0.2, 0.25) is 0 Å². The lowest BCUT2D eigenvalue weighted by molar-refractivity contribution is -0.269. The van der Waals surface area contributed by atoms with E-state index in [-0.39, 0.29) is 13.2 Å². The summed E-state index contributed by atoms with van der Waals surface area (Å²) in [5.74, 6) is -2.39. The molecule has 18 heavy (non-hydrogen) atoms. The first-order chi connectivity index (χ1) is 8.32. The highest BCUT2D eigenvalue weighted by molar-refractivity contribution is 7.87. The average Bonchev–Trinajstić information content (AvgIpc) is 2.28. The first-order valence-corrected chi connectivity index (χ1v) is 6.39. The minimum absolute atomic E-state index is 0.0587. The molecule has 0 bridgehead atoms. The van der Waals surface area contributed by atoms with Gasteiger partial charge >= 0.3 is 11.9 Å². The van der Waals surface area contributed by atoms with Gasteiger partial charge in [0.15, 0.2) is 5.25 Å². The van der Waals surface area contributed by atoms with Gasteiger partial charge in [-0.25, -0.2) is 4.79 Å². The number of rotatable bonds is 8. The van der Waals surface area contributed by atoms with E-state index in [0.717, 1.165) is 0 Å². The Morgan fingerprint density at radius 3 is 2.50 bits per heavy atom. The largest absolute Gasteiger partial charge is 0.460 e. The summed E-state index contributed by atoms with van der Waals surface area (Å²) in [4.78, 5) is 30.8. The predicted octanol–water partition coefficient (Wildman–Crippen LogP) is -0.143. The van der Waals surface area contributed by atoms with Gasteiger partial charge in [0, 0.05) is 0 Å². The fourth-order valence-electron chi connectivity index (χ4n) is 0.854. The lowest BCUT2D eigenvalue weighted by Gasteiger charge is -2.11. The molecule has 0 aromatic rings. The summed E-state index contributed by atoms with van der Waals surface area (Å²) in [6, 6.07) is 0. The molecule has 1 N–H and O–H groups in total. The molecule has 0 aromatic heterocycles. The van der Waals surface area contributed by atoms with Crippen LogP contribution in [-0.4, -0.2) is 43.4 Å². The summed E-state index contributed by atoms with van der Waals surface area (Å²) in [5.41, 5.74) is 0. The summed E-state index contributed by atoms with van der Waals surface area (Å²) < 4.78 is 35.1. The first-order valence-electron chi connectivity index (χ1n) is 4.89. The fourth-order valence-corrected chi connectivity index (χ4v) is 1.51. The van der Waals surface area contributed by atoms with E-state index in [1.807, 2.05) is 0 Å². The lowest BCUT2D eigenvalue weighted by atomic mass is 10.3. The highest BCUT2D eigenvalue weighted by atomic mass is 32.2. The van der Waals surface area contributed by atoms with Gasteiger partial charge in [-0.2, -0.15) is 13.3 Å². The molecule has 9 heteroatoms. The topological polar surface area (TPSA) is 116 Å². The minimum Gasteiger partial charge on any atom is -0.460 e. The molecular weight excluding hydrogens is 268 g/mol. The monoisotopic (exact) mass is 282 g/mol. The third kappa shape index (κ3) is 6.33. The Morgan fingerprint density at radius 1 is 1.44 bits per heavy atom. The summed E-state index contributed by atoms with van der Waals surface area (Å²) in [5, 5.41) is -2.05. The van der Waals surface area contributed by atoms with Crippen molar-refractivity contribution in [2.45, 2.75) is 18.6 Å². The van der Waals surface area contributed by atoms with Crippen molar-refractivity contribution < 1.29 is 37.1 Å². The standard InChI is InChI=1S/C9H14O8S/c1-3-5-15-9(11)7(18(12,13)14)6-8(10)17-16-4-2/h3,7H,1,4-6H2,2H3,(H,12,13,14). The number of hydrogen-bond donors (Lipinski definition) is 1. The Hall–Kier alpha value is -1.45. The maximum atomic E-state index is 11.3. The van der Waals surface area contributed by atoms with Crippen LogP contribution < -0.4 is 0 Å². The average molecular weight is 282 g/mol. The normalized spacial score (nSPS) is 12.6. The van der Waals surface area contributed by atoms with Crippen molar-refractivity contribution in [1.29, 1.82) is 0 Å². The Bertz CT molecular complexity index is 399. The van der Waals surface area contributed by atoms with Crippen molar-refractivity contribution >= 4 is 22.1 Å². The van der Waals surface area contributed by atoms with Gasteiger partial charge in [0.25, 0.3) is 10.1 Å². The molecule has 0 amide bonds. The second-order valence-electron chi connectivity index (χ2n) is 2.99. The van der Waals surface area contributed by atoms with Crippen LogP contribution in [0.5, 0.6) is 0 Å². The highest BCUT2D eigenvalue weighted by Crippen LogP contribution is 2.08. The van der Waals surface area contributed by atoms with Crippen LogP contribution in [0.15, 0.2) is 12.7 Å². The molecule has 8 nitrogen and oxygen atoms in total. The molecule has 0 aliphatic rings. The molecule has 0 aromatic carbocycles. The predicted molar refractivity (Wildman–Crippen MR) is 58.8 cm³/mol. The van der Waals surface area contributed by atoms with Crippen LogP contribution in [0, 0.1) is 0 Å². The zero-order valence-electron chi connectivity index (χ0n) is 9.70. The summed E-state index contributed by atoms with van der Waals surface area (Å²) in [7, 11) is -4.78.